The van der Waals surface area contributed by atoms with Crippen LogP contribution in [0.3, 0.4) is 0 Å². The average molecular weight is 624 g/mol. The zero-order chi connectivity index (χ0) is 34.2. The summed E-state index contributed by atoms with van der Waals surface area (Å²) in [6, 6.07) is 15.2. The molecular formula is C36H53N3O6. The van der Waals surface area contributed by atoms with E-state index in [1.807, 2.05) is 71.0 Å². The van der Waals surface area contributed by atoms with Crippen molar-refractivity contribution < 1.29 is 28.7 Å². The Kier molecular flexibility index (Phi) is 12.8. The number of ether oxygens (including phenoxy) is 2. The molecule has 9 heteroatoms. The molecule has 4 unspecified atom stereocenters. The first-order valence-corrected chi connectivity index (χ1v) is 15.7. The van der Waals surface area contributed by atoms with Crippen molar-refractivity contribution in [1.29, 1.82) is 0 Å². The maximum Gasteiger partial charge on any atom is 0.408 e. The molecule has 45 heavy (non-hydrogen) atoms. The van der Waals surface area contributed by atoms with E-state index in [4.69, 9.17) is 9.47 Å². The first kappa shape index (κ1) is 37.3. The van der Waals surface area contributed by atoms with Crippen LogP contribution in [0.15, 0.2) is 60.7 Å². The van der Waals surface area contributed by atoms with Gasteiger partial charge in [0.25, 0.3) is 0 Å². The zero-order valence-electron chi connectivity index (χ0n) is 28.9. The number of esters is 1. The quantitative estimate of drug-likeness (QED) is 0.282. The summed E-state index contributed by atoms with van der Waals surface area (Å²) in [5.41, 5.74) is -1.02. The van der Waals surface area contributed by atoms with Crippen LogP contribution in [0.2, 0.25) is 0 Å². The predicted octanol–water partition coefficient (Wildman–Crippen LogP) is 6.36. The molecule has 3 amide bonds. The van der Waals surface area contributed by atoms with Gasteiger partial charge in [-0.1, -0.05) is 80.9 Å². The largest absolute Gasteiger partial charge is 0.458 e. The summed E-state index contributed by atoms with van der Waals surface area (Å²) in [5, 5.41) is 5.71. The van der Waals surface area contributed by atoms with Gasteiger partial charge in [-0.05, 0) is 79.4 Å². The lowest BCUT2D eigenvalue weighted by atomic mass is 9.91. The molecule has 0 aromatic heterocycles. The Morgan fingerprint density at radius 3 is 1.73 bits per heavy atom. The van der Waals surface area contributed by atoms with Crippen LogP contribution in [-0.2, 0) is 30.3 Å². The van der Waals surface area contributed by atoms with Gasteiger partial charge in [0.05, 0.1) is 0 Å². The van der Waals surface area contributed by atoms with Crippen molar-refractivity contribution in [2.45, 2.75) is 124 Å². The van der Waals surface area contributed by atoms with Crippen molar-refractivity contribution in [3.8, 4) is 0 Å². The number of carbonyl (C=O) groups is 4. The summed E-state index contributed by atoms with van der Waals surface area (Å²) in [5.74, 6) is -1.84. The molecule has 0 aliphatic carbocycles. The molecule has 248 valence electrons. The number of hydrogen-bond acceptors (Lipinski definition) is 6. The van der Waals surface area contributed by atoms with Gasteiger partial charge in [0.2, 0.25) is 11.8 Å². The van der Waals surface area contributed by atoms with Gasteiger partial charge in [-0.3, -0.25) is 9.59 Å². The molecule has 0 saturated carbocycles. The molecule has 0 aliphatic heterocycles. The number of nitrogens with zero attached hydrogens (tertiary/aromatic N) is 1. The zero-order valence-corrected chi connectivity index (χ0v) is 28.9. The van der Waals surface area contributed by atoms with Gasteiger partial charge in [0.1, 0.15) is 29.3 Å². The van der Waals surface area contributed by atoms with Crippen LogP contribution in [0, 0.1) is 5.92 Å². The van der Waals surface area contributed by atoms with Crippen LogP contribution in [0.25, 0.3) is 0 Å². The van der Waals surface area contributed by atoms with E-state index in [1.165, 1.54) is 4.90 Å². The van der Waals surface area contributed by atoms with Gasteiger partial charge in [0.15, 0.2) is 0 Å². The summed E-state index contributed by atoms with van der Waals surface area (Å²) >= 11 is 0. The fourth-order valence-corrected chi connectivity index (χ4v) is 4.83. The lowest BCUT2D eigenvalue weighted by Gasteiger charge is -2.44. The van der Waals surface area contributed by atoms with Gasteiger partial charge in [-0.15, -0.1) is 0 Å². The maximum absolute atomic E-state index is 14.6. The predicted molar refractivity (Wildman–Crippen MR) is 176 cm³/mol. The summed E-state index contributed by atoms with van der Waals surface area (Å²) in [4.78, 5) is 56.9. The number of benzene rings is 2. The lowest BCUT2D eigenvalue weighted by Crippen LogP contribution is -2.61. The average Bonchev–Trinajstić information content (AvgIpc) is 2.91. The Morgan fingerprint density at radius 2 is 1.27 bits per heavy atom. The highest BCUT2D eigenvalue weighted by Gasteiger charge is 2.44. The second-order valence-electron chi connectivity index (χ2n) is 14.5. The van der Waals surface area contributed by atoms with E-state index in [-0.39, 0.29) is 12.3 Å². The van der Waals surface area contributed by atoms with Crippen LogP contribution < -0.4 is 10.6 Å². The molecule has 0 bridgehead atoms. The number of alkyl carbamates (subject to hydrolysis) is 1. The molecule has 0 saturated heterocycles. The topological polar surface area (TPSA) is 114 Å². The molecule has 0 radical (unpaired) electrons. The molecule has 9 nitrogen and oxygen atoms in total. The van der Waals surface area contributed by atoms with E-state index in [1.54, 1.807) is 65.8 Å². The van der Waals surface area contributed by atoms with E-state index in [0.717, 1.165) is 5.56 Å². The number of carbonyl (C=O) groups excluding carboxylic acids is 4. The Morgan fingerprint density at radius 1 is 0.756 bits per heavy atom. The van der Waals surface area contributed by atoms with Gasteiger partial charge in [0, 0.05) is 12.0 Å². The maximum atomic E-state index is 14.6. The minimum absolute atomic E-state index is 0.197. The Hall–Kier alpha value is -3.88. The second-order valence-corrected chi connectivity index (χ2v) is 14.5. The van der Waals surface area contributed by atoms with E-state index >= 15 is 0 Å². The fraction of sp³-hybridized carbons (Fsp3) is 0.556. The summed E-state index contributed by atoms with van der Waals surface area (Å²) < 4.78 is 11.2. The van der Waals surface area contributed by atoms with E-state index in [2.05, 4.69) is 10.6 Å². The second kappa shape index (κ2) is 15.4. The first-order valence-electron chi connectivity index (χ1n) is 15.7. The minimum atomic E-state index is -1.13. The molecule has 0 fully saturated rings. The summed E-state index contributed by atoms with van der Waals surface area (Å²) in [7, 11) is 0. The van der Waals surface area contributed by atoms with Crippen LogP contribution in [-0.4, -0.2) is 57.6 Å². The number of nitrogens with one attached hydrogen (secondary N) is 2. The Bertz CT molecular complexity index is 1280. The number of amides is 3. The SMILES string of the molecule is CCC(C)C(NC(=O)OC(C)(C)C)C(=O)N(C(C(=O)NC(Cc1ccccc1)C(=O)OC(C)(C)C)c1ccccc1)C(C)(C)C. The monoisotopic (exact) mass is 623 g/mol. The highest BCUT2D eigenvalue weighted by molar-refractivity contribution is 5.94. The Labute approximate surface area is 269 Å². The fourth-order valence-electron chi connectivity index (χ4n) is 4.83. The first-order chi connectivity index (χ1) is 20.7. The van der Waals surface area contributed by atoms with Crippen LogP contribution in [0.4, 0.5) is 4.79 Å². The van der Waals surface area contributed by atoms with E-state index in [9.17, 15) is 19.2 Å². The highest BCUT2D eigenvalue weighted by atomic mass is 16.6. The molecule has 2 aromatic rings. The van der Waals surface area contributed by atoms with Gasteiger partial charge >= 0.3 is 12.1 Å². The van der Waals surface area contributed by atoms with Crippen LogP contribution in [0.1, 0.15) is 99.8 Å². The molecule has 0 aliphatic rings. The van der Waals surface area contributed by atoms with Crippen molar-refractivity contribution in [3.63, 3.8) is 0 Å². The van der Waals surface area contributed by atoms with Crippen molar-refractivity contribution in [1.82, 2.24) is 15.5 Å². The molecule has 0 spiro atoms. The molecule has 2 rings (SSSR count). The van der Waals surface area contributed by atoms with Crippen LogP contribution in [0.5, 0.6) is 0 Å². The smallest absolute Gasteiger partial charge is 0.408 e. The van der Waals surface area contributed by atoms with Crippen molar-refractivity contribution in [2.75, 3.05) is 0 Å². The number of hydrogen-bond donors (Lipinski definition) is 2. The van der Waals surface area contributed by atoms with Crippen molar-refractivity contribution in [2.24, 2.45) is 5.92 Å². The molecule has 2 aromatic carbocycles. The third-order valence-electron chi connectivity index (χ3n) is 7.02. The van der Waals surface area contributed by atoms with Crippen LogP contribution >= 0.6 is 0 Å². The van der Waals surface area contributed by atoms with Gasteiger partial charge < -0.3 is 25.0 Å². The Balaban J connectivity index is 2.62. The number of rotatable bonds is 11. The van der Waals surface area contributed by atoms with Gasteiger partial charge in [-0.2, -0.15) is 0 Å². The standard InChI is InChI=1S/C36H53N3O6/c1-12-24(2)28(38-33(43)45-36(9,10)11)31(41)39(34(3,4)5)29(26-21-17-14-18-22-26)30(40)37-27(32(42)44-35(6,7)8)23-25-19-15-13-16-20-25/h13-22,24,27-29H,12,23H2,1-11H3,(H,37,40)(H,38,43). The third-order valence-corrected chi connectivity index (χ3v) is 7.02. The molecular weight excluding hydrogens is 570 g/mol. The summed E-state index contributed by atoms with van der Waals surface area (Å²) in [6.45, 7) is 19.9. The van der Waals surface area contributed by atoms with Crippen molar-refractivity contribution in [3.05, 3.63) is 71.8 Å². The normalized spacial score (nSPS) is 14.7. The minimum Gasteiger partial charge on any atom is -0.458 e. The highest BCUT2D eigenvalue weighted by Crippen LogP contribution is 2.31. The summed E-state index contributed by atoms with van der Waals surface area (Å²) in [6.07, 6.45) is 0.0652. The van der Waals surface area contributed by atoms with E-state index in [0.29, 0.717) is 12.0 Å². The van der Waals surface area contributed by atoms with Crippen molar-refractivity contribution >= 4 is 23.9 Å². The van der Waals surface area contributed by atoms with E-state index < -0.39 is 58.7 Å². The third kappa shape index (κ3) is 11.9. The molecule has 0 heterocycles. The van der Waals surface area contributed by atoms with Gasteiger partial charge in [-0.25, -0.2) is 9.59 Å². The molecule has 4 atom stereocenters. The lowest BCUT2D eigenvalue weighted by molar-refractivity contribution is -0.159. The molecule has 2 N–H and O–H groups in total.